The van der Waals surface area contributed by atoms with Crippen molar-refractivity contribution in [1.29, 1.82) is 0 Å². The van der Waals surface area contributed by atoms with Crippen molar-refractivity contribution in [1.82, 2.24) is 5.32 Å². The van der Waals surface area contributed by atoms with Gasteiger partial charge in [-0.25, -0.2) is 0 Å². The molecule has 0 aliphatic heterocycles. The lowest BCUT2D eigenvalue weighted by Gasteiger charge is -2.13. The van der Waals surface area contributed by atoms with E-state index in [2.05, 4.69) is 40.4 Å². The van der Waals surface area contributed by atoms with Gasteiger partial charge in [0.05, 0.1) is 16.6 Å². The highest BCUT2D eigenvalue weighted by atomic mass is 79.9. The first-order valence-corrected chi connectivity index (χ1v) is 11.8. The molecule has 0 atom stereocenters. The van der Waals surface area contributed by atoms with Gasteiger partial charge in [-0.1, -0.05) is 13.8 Å². The van der Waals surface area contributed by atoms with Crippen molar-refractivity contribution < 1.29 is 14.3 Å². The zero-order valence-corrected chi connectivity index (χ0v) is 20.1. The summed E-state index contributed by atoms with van der Waals surface area (Å²) in [5, 5.41) is 6.37. The van der Waals surface area contributed by atoms with E-state index >= 15 is 0 Å². The van der Waals surface area contributed by atoms with Crippen LogP contribution < -0.4 is 21.1 Å². The molecule has 2 aromatic rings. The number of benzene rings is 1. The summed E-state index contributed by atoms with van der Waals surface area (Å²) in [4.78, 5) is 25.7. The van der Waals surface area contributed by atoms with Crippen LogP contribution in [0.5, 0.6) is 5.75 Å². The van der Waals surface area contributed by atoms with Crippen LogP contribution in [0.4, 0.5) is 5.00 Å². The van der Waals surface area contributed by atoms with E-state index < -0.39 is 5.91 Å². The first-order valence-electron chi connectivity index (χ1n) is 9.75. The summed E-state index contributed by atoms with van der Waals surface area (Å²) in [7, 11) is 0. The number of aryl methyl sites for hydroxylation is 1. The fraction of sp³-hybridized carbons (Fsp3) is 0.381. The Labute approximate surface area is 193 Å². The molecule has 6 nitrogen and oxygen atoms in total. The molecule has 0 bridgehead atoms. The predicted molar refractivity (Wildman–Crippen MR) is 128 cm³/mol. The quantitative estimate of drug-likeness (QED) is 0.492. The minimum absolute atomic E-state index is 0.123. The second-order valence-electron chi connectivity index (χ2n) is 7.54. The number of hydrogen-bond donors (Lipinski definition) is 3. The summed E-state index contributed by atoms with van der Waals surface area (Å²) >= 11 is 10.2. The minimum Gasteiger partial charge on any atom is -0.492 e. The van der Waals surface area contributed by atoms with Gasteiger partial charge < -0.3 is 15.8 Å². The zero-order chi connectivity index (χ0) is 21.8. The van der Waals surface area contributed by atoms with E-state index in [-0.39, 0.29) is 11.0 Å². The van der Waals surface area contributed by atoms with Crippen molar-refractivity contribution in [2.75, 3.05) is 11.9 Å². The van der Waals surface area contributed by atoms with Gasteiger partial charge in [0.15, 0.2) is 5.11 Å². The first-order chi connectivity index (χ1) is 14.3. The molecule has 1 heterocycles. The normalized spacial score (nSPS) is 12.9. The number of hydrogen-bond acceptors (Lipinski definition) is 5. The fourth-order valence-corrected chi connectivity index (χ4v) is 5.29. The van der Waals surface area contributed by atoms with E-state index in [4.69, 9.17) is 22.7 Å². The number of nitrogens with two attached hydrogens (primary N) is 1. The highest BCUT2D eigenvalue weighted by Crippen LogP contribution is 2.37. The molecule has 1 aliphatic carbocycles. The molecule has 0 fully saturated rings. The molecule has 0 saturated carbocycles. The van der Waals surface area contributed by atoms with Crippen molar-refractivity contribution in [3.63, 3.8) is 0 Å². The SMILES string of the molecule is CC(C)COc1ccc(C(=O)NC(=S)Nc2sc3c(c2C(N)=O)CCCC3)cc1Br. The van der Waals surface area contributed by atoms with Crippen molar-refractivity contribution in [2.24, 2.45) is 11.7 Å². The molecule has 0 spiro atoms. The highest BCUT2D eigenvalue weighted by molar-refractivity contribution is 9.10. The topological polar surface area (TPSA) is 93.4 Å². The molecule has 0 unspecified atom stereocenters. The first kappa shape index (κ1) is 22.7. The lowest BCUT2D eigenvalue weighted by Crippen LogP contribution is -2.34. The number of carbonyl (C=O) groups is 2. The lowest BCUT2D eigenvalue weighted by atomic mass is 9.95. The van der Waals surface area contributed by atoms with Crippen molar-refractivity contribution in [2.45, 2.75) is 39.5 Å². The average molecular weight is 510 g/mol. The number of rotatable bonds is 6. The van der Waals surface area contributed by atoms with Gasteiger partial charge in [0.1, 0.15) is 10.8 Å². The molecule has 0 radical (unpaired) electrons. The number of carbonyl (C=O) groups excluding carboxylic acids is 2. The molecule has 2 amide bonds. The van der Waals surface area contributed by atoms with Gasteiger partial charge in [0, 0.05) is 10.4 Å². The standard InChI is InChI=1S/C21H24BrN3O3S2/c1-11(2)10-28-15-8-7-12(9-14(15)22)19(27)24-21(29)25-20-17(18(23)26)13-5-3-4-6-16(13)30-20/h7-9,11H,3-6,10H2,1-2H3,(H2,23,26)(H2,24,25,27,29). The molecule has 30 heavy (non-hydrogen) atoms. The van der Waals surface area contributed by atoms with Crippen LogP contribution in [0, 0.1) is 5.92 Å². The van der Waals surface area contributed by atoms with Gasteiger partial charge in [0.25, 0.3) is 11.8 Å². The van der Waals surface area contributed by atoms with E-state index in [0.29, 0.717) is 38.9 Å². The van der Waals surface area contributed by atoms with Crippen LogP contribution in [-0.2, 0) is 12.8 Å². The predicted octanol–water partition coefficient (Wildman–Crippen LogP) is 4.65. The Hall–Kier alpha value is -1.97. The maximum Gasteiger partial charge on any atom is 0.257 e. The Kier molecular flexibility index (Phi) is 7.49. The van der Waals surface area contributed by atoms with E-state index in [9.17, 15) is 9.59 Å². The summed E-state index contributed by atoms with van der Waals surface area (Å²) in [5.74, 6) is 0.241. The summed E-state index contributed by atoms with van der Waals surface area (Å²) in [6, 6.07) is 5.11. The fourth-order valence-electron chi connectivity index (χ4n) is 3.24. The van der Waals surface area contributed by atoms with Crippen LogP contribution in [0.3, 0.4) is 0 Å². The molecule has 1 aliphatic rings. The van der Waals surface area contributed by atoms with Gasteiger partial charge in [0.2, 0.25) is 0 Å². The molecule has 1 aromatic carbocycles. The van der Waals surface area contributed by atoms with Gasteiger partial charge in [-0.2, -0.15) is 0 Å². The summed E-state index contributed by atoms with van der Waals surface area (Å²) < 4.78 is 6.40. The van der Waals surface area contributed by atoms with E-state index in [0.717, 1.165) is 36.1 Å². The molecule has 9 heteroatoms. The molecular weight excluding hydrogens is 486 g/mol. The number of fused-ring (bicyclic) bond motifs is 1. The van der Waals surface area contributed by atoms with Crippen LogP contribution in [0.15, 0.2) is 22.7 Å². The monoisotopic (exact) mass is 509 g/mol. The Morgan fingerprint density at radius 1 is 1.30 bits per heavy atom. The molecule has 4 N–H and O–H groups in total. The number of primary amides is 1. The molecular formula is C21H24BrN3O3S2. The number of halogens is 1. The summed E-state index contributed by atoms with van der Waals surface area (Å²) in [6.07, 6.45) is 3.90. The number of thiocarbonyl (C=S) groups is 1. The van der Waals surface area contributed by atoms with Crippen LogP contribution in [0.1, 0.15) is 57.8 Å². The average Bonchev–Trinajstić information content (AvgIpc) is 3.04. The van der Waals surface area contributed by atoms with E-state index in [1.165, 1.54) is 11.3 Å². The van der Waals surface area contributed by atoms with Gasteiger partial charge in [-0.05, 0) is 83.5 Å². The minimum atomic E-state index is -0.480. The summed E-state index contributed by atoms with van der Waals surface area (Å²) in [6.45, 7) is 4.72. The van der Waals surface area contributed by atoms with Crippen LogP contribution >= 0.6 is 39.5 Å². The van der Waals surface area contributed by atoms with Gasteiger partial charge >= 0.3 is 0 Å². The van der Waals surface area contributed by atoms with Crippen molar-refractivity contribution >= 4 is 61.4 Å². The third-order valence-electron chi connectivity index (χ3n) is 4.64. The lowest BCUT2D eigenvalue weighted by molar-refractivity contribution is 0.0975. The van der Waals surface area contributed by atoms with Crippen LogP contribution in [0.25, 0.3) is 0 Å². The highest BCUT2D eigenvalue weighted by Gasteiger charge is 2.24. The smallest absolute Gasteiger partial charge is 0.257 e. The van der Waals surface area contributed by atoms with Crippen molar-refractivity contribution in [3.8, 4) is 5.75 Å². The Morgan fingerprint density at radius 3 is 2.70 bits per heavy atom. The number of ether oxygens (including phenoxy) is 1. The second kappa shape index (κ2) is 9.89. The third-order valence-corrected chi connectivity index (χ3v) is 6.67. The van der Waals surface area contributed by atoms with Gasteiger partial charge in [-0.3, -0.25) is 14.9 Å². The Balaban J connectivity index is 1.68. The van der Waals surface area contributed by atoms with E-state index in [1.54, 1.807) is 18.2 Å². The second-order valence-corrected chi connectivity index (χ2v) is 9.91. The third kappa shape index (κ3) is 5.39. The number of amides is 2. The van der Waals surface area contributed by atoms with E-state index in [1.807, 2.05) is 0 Å². The molecule has 160 valence electrons. The largest absolute Gasteiger partial charge is 0.492 e. The van der Waals surface area contributed by atoms with Gasteiger partial charge in [-0.15, -0.1) is 11.3 Å². The number of thiophene rings is 1. The zero-order valence-electron chi connectivity index (χ0n) is 16.8. The van der Waals surface area contributed by atoms with Crippen molar-refractivity contribution in [3.05, 3.63) is 44.2 Å². The van der Waals surface area contributed by atoms with Crippen LogP contribution in [0.2, 0.25) is 0 Å². The maximum absolute atomic E-state index is 12.6. The number of nitrogens with one attached hydrogen (secondary N) is 2. The van der Waals surface area contributed by atoms with Crippen LogP contribution in [-0.4, -0.2) is 23.5 Å². The summed E-state index contributed by atoms with van der Waals surface area (Å²) in [5.41, 5.74) is 7.54. The Bertz CT molecular complexity index is 988. The molecule has 1 aromatic heterocycles. The molecule has 3 rings (SSSR count). The Morgan fingerprint density at radius 2 is 2.03 bits per heavy atom. The maximum atomic E-state index is 12.6. The molecule has 0 saturated heterocycles. The number of anilines is 1.